The number of allylic oxidation sites excluding steroid dienone is 2. The molecule has 1 rings (SSSR count). The molecule has 0 aliphatic heterocycles. The fraction of sp³-hybridized carbons (Fsp3) is 0.857. The molecule has 0 saturated carbocycles. The van der Waals surface area contributed by atoms with Gasteiger partial charge in [-0.25, -0.2) is 0 Å². The molecule has 0 nitrogen and oxygen atoms in total. The fourth-order valence-corrected chi connectivity index (χ4v) is 2.83. The normalized spacial score (nSPS) is 26.9. The number of alkyl halides is 1. The van der Waals surface area contributed by atoms with Gasteiger partial charge in [0.15, 0.2) is 0 Å². The lowest BCUT2D eigenvalue weighted by molar-refractivity contribution is 0.453. The van der Waals surface area contributed by atoms with Crippen LogP contribution in [0.4, 0.5) is 0 Å². The van der Waals surface area contributed by atoms with Gasteiger partial charge in [0, 0.05) is 5.38 Å². The highest BCUT2D eigenvalue weighted by atomic mass is 35.5. The van der Waals surface area contributed by atoms with Gasteiger partial charge in [-0.3, -0.25) is 0 Å². The Labute approximate surface area is 100 Å². The maximum absolute atomic E-state index is 6.25. The van der Waals surface area contributed by atoms with Gasteiger partial charge in [-0.2, -0.15) is 0 Å². The summed E-state index contributed by atoms with van der Waals surface area (Å²) in [5.41, 5.74) is 1.70. The van der Waals surface area contributed by atoms with Crippen molar-refractivity contribution in [3.05, 3.63) is 11.6 Å². The Hall–Kier alpha value is 0.0300. The van der Waals surface area contributed by atoms with Crippen molar-refractivity contribution in [1.82, 2.24) is 0 Å². The van der Waals surface area contributed by atoms with Crippen molar-refractivity contribution in [3.8, 4) is 0 Å². The van der Waals surface area contributed by atoms with Crippen LogP contribution in [0.15, 0.2) is 11.6 Å². The van der Waals surface area contributed by atoms with Crippen LogP contribution in [0, 0.1) is 11.8 Å². The van der Waals surface area contributed by atoms with Gasteiger partial charge in [0.1, 0.15) is 0 Å². The molecule has 1 aliphatic rings. The highest BCUT2D eigenvalue weighted by Gasteiger charge is 2.22. The topological polar surface area (TPSA) is 0 Å². The van der Waals surface area contributed by atoms with Crippen LogP contribution >= 0.6 is 11.6 Å². The number of rotatable bonds is 5. The maximum atomic E-state index is 6.25. The molecule has 0 radical (unpaired) electrons. The van der Waals surface area contributed by atoms with E-state index >= 15 is 0 Å². The monoisotopic (exact) mass is 228 g/mol. The minimum atomic E-state index is 0.373. The van der Waals surface area contributed by atoms with Gasteiger partial charge in [0.25, 0.3) is 0 Å². The van der Waals surface area contributed by atoms with E-state index in [0.717, 1.165) is 5.92 Å². The maximum Gasteiger partial charge on any atom is 0.0399 e. The molecule has 2 atom stereocenters. The van der Waals surface area contributed by atoms with Crippen molar-refractivity contribution in [2.45, 2.75) is 64.7 Å². The third-order valence-corrected chi connectivity index (χ3v) is 4.17. The van der Waals surface area contributed by atoms with Gasteiger partial charge in [0.05, 0.1) is 0 Å². The lowest BCUT2D eigenvalue weighted by atomic mass is 9.81. The minimum absolute atomic E-state index is 0.373. The number of halogens is 1. The molecular formula is C14H25Cl. The van der Waals surface area contributed by atoms with E-state index in [4.69, 9.17) is 11.6 Å². The van der Waals surface area contributed by atoms with Gasteiger partial charge in [-0.05, 0) is 37.5 Å². The van der Waals surface area contributed by atoms with E-state index in [0.29, 0.717) is 11.3 Å². The molecule has 0 aromatic rings. The van der Waals surface area contributed by atoms with Gasteiger partial charge in [0.2, 0.25) is 0 Å². The summed E-state index contributed by atoms with van der Waals surface area (Å²) < 4.78 is 0. The Morgan fingerprint density at radius 3 is 2.40 bits per heavy atom. The van der Waals surface area contributed by atoms with Crippen molar-refractivity contribution in [1.29, 1.82) is 0 Å². The van der Waals surface area contributed by atoms with Gasteiger partial charge < -0.3 is 0 Å². The summed E-state index contributed by atoms with van der Waals surface area (Å²) in [5, 5.41) is 0.373. The van der Waals surface area contributed by atoms with Crippen molar-refractivity contribution < 1.29 is 0 Å². The average Bonchev–Trinajstić information content (AvgIpc) is 2.22. The van der Waals surface area contributed by atoms with Gasteiger partial charge in [-0.15, -0.1) is 11.6 Å². The Morgan fingerprint density at radius 1 is 1.33 bits per heavy atom. The Balaban J connectivity index is 2.62. The number of hydrogen-bond acceptors (Lipinski definition) is 0. The lowest BCUT2D eigenvalue weighted by Crippen LogP contribution is -2.18. The predicted molar refractivity (Wildman–Crippen MR) is 69.4 cm³/mol. The standard InChI is InChI=1S/C14H25Cl/c1-4-6-12(7-5-2)13-8-9-14(15)11(3)10-13/h10-12,14H,4-9H2,1-3H3. The summed E-state index contributed by atoms with van der Waals surface area (Å²) in [4.78, 5) is 0. The molecule has 0 bridgehead atoms. The molecule has 2 unspecified atom stereocenters. The third kappa shape index (κ3) is 3.83. The highest BCUT2D eigenvalue weighted by molar-refractivity contribution is 6.20. The summed E-state index contributed by atoms with van der Waals surface area (Å²) in [6, 6.07) is 0. The first kappa shape index (κ1) is 13.1. The van der Waals surface area contributed by atoms with Gasteiger partial charge >= 0.3 is 0 Å². The van der Waals surface area contributed by atoms with Crippen LogP contribution in [0.25, 0.3) is 0 Å². The fourth-order valence-electron chi connectivity index (χ4n) is 2.65. The van der Waals surface area contributed by atoms with Gasteiger partial charge in [-0.1, -0.05) is 45.3 Å². The summed E-state index contributed by atoms with van der Waals surface area (Å²) in [5.74, 6) is 1.42. The quantitative estimate of drug-likeness (QED) is 0.450. The molecule has 0 fully saturated rings. The zero-order chi connectivity index (χ0) is 11.3. The zero-order valence-electron chi connectivity index (χ0n) is 10.4. The van der Waals surface area contributed by atoms with Crippen LogP contribution in [0.1, 0.15) is 59.3 Å². The first-order valence-corrected chi connectivity index (χ1v) is 6.97. The highest BCUT2D eigenvalue weighted by Crippen LogP contribution is 2.34. The number of hydrogen-bond donors (Lipinski definition) is 0. The smallest absolute Gasteiger partial charge is 0.0399 e. The molecule has 0 spiro atoms. The second-order valence-corrected chi connectivity index (χ2v) is 5.49. The van der Waals surface area contributed by atoms with Crippen molar-refractivity contribution in [3.63, 3.8) is 0 Å². The van der Waals surface area contributed by atoms with E-state index in [-0.39, 0.29) is 0 Å². The molecule has 88 valence electrons. The Morgan fingerprint density at radius 2 is 1.93 bits per heavy atom. The molecule has 0 N–H and O–H groups in total. The average molecular weight is 229 g/mol. The van der Waals surface area contributed by atoms with Crippen molar-refractivity contribution >= 4 is 11.6 Å². The Bertz CT molecular complexity index is 201. The lowest BCUT2D eigenvalue weighted by Gasteiger charge is -2.28. The van der Waals surface area contributed by atoms with E-state index < -0.39 is 0 Å². The van der Waals surface area contributed by atoms with E-state index in [1.54, 1.807) is 5.57 Å². The molecule has 0 aromatic heterocycles. The Kier molecular flexibility index (Phi) is 5.74. The third-order valence-electron chi connectivity index (χ3n) is 3.55. The van der Waals surface area contributed by atoms with Crippen LogP contribution < -0.4 is 0 Å². The van der Waals surface area contributed by atoms with Crippen LogP contribution in [-0.2, 0) is 0 Å². The second kappa shape index (κ2) is 6.58. The minimum Gasteiger partial charge on any atom is -0.122 e. The SMILES string of the molecule is CCCC(CCC)C1=CC(C)C(Cl)CC1. The van der Waals surface area contributed by atoms with E-state index in [1.165, 1.54) is 38.5 Å². The summed E-state index contributed by atoms with van der Waals surface area (Å²) in [6.07, 6.45) is 10.2. The summed E-state index contributed by atoms with van der Waals surface area (Å²) >= 11 is 6.25. The molecule has 0 heterocycles. The summed E-state index contributed by atoms with van der Waals surface area (Å²) in [7, 11) is 0. The molecule has 0 amide bonds. The van der Waals surface area contributed by atoms with Crippen molar-refractivity contribution in [2.24, 2.45) is 11.8 Å². The molecule has 1 heteroatoms. The van der Waals surface area contributed by atoms with Crippen LogP contribution in [0.2, 0.25) is 0 Å². The molecule has 0 saturated heterocycles. The second-order valence-electron chi connectivity index (χ2n) is 4.93. The summed E-state index contributed by atoms with van der Waals surface area (Å²) in [6.45, 7) is 6.84. The predicted octanol–water partition coefficient (Wildman–Crippen LogP) is 5.17. The largest absolute Gasteiger partial charge is 0.122 e. The molecule has 15 heavy (non-hydrogen) atoms. The van der Waals surface area contributed by atoms with E-state index in [9.17, 15) is 0 Å². The first-order valence-electron chi connectivity index (χ1n) is 6.53. The van der Waals surface area contributed by atoms with Crippen LogP contribution in [-0.4, -0.2) is 5.38 Å². The molecule has 0 aromatic carbocycles. The van der Waals surface area contributed by atoms with E-state index in [1.807, 2.05) is 0 Å². The van der Waals surface area contributed by atoms with Crippen LogP contribution in [0.3, 0.4) is 0 Å². The van der Waals surface area contributed by atoms with E-state index in [2.05, 4.69) is 26.8 Å². The first-order chi connectivity index (χ1) is 7.19. The molecule has 1 aliphatic carbocycles. The zero-order valence-corrected chi connectivity index (χ0v) is 11.2. The molecular weight excluding hydrogens is 204 g/mol. The van der Waals surface area contributed by atoms with Crippen LogP contribution in [0.5, 0.6) is 0 Å². The van der Waals surface area contributed by atoms with Crippen molar-refractivity contribution in [2.75, 3.05) is 0 Å².